The van der Waals surface area contributed by atoms with Crippen molar-refractivity contribution >= 4 is 5.97 Å². The molecule has 0 aromatic rings. The number of carbonyl (C=O) groups is 1. The van der Waals surface area contributed by atoms with Gasteiger partial charge < -0.3 is 10.0 Å². The third-order valence-corrected chi connectivity index (χ3v) is 3.45. The Morgan fingerprint density at radius 2 is 2.20 bits per heavy atom. The molecule has 0 bridgehead atoms. The summed E-state index contributed by atoms with van der Waals surface area (Å²) >= 11 is 0. The summed E-state index contributed by atoms with van der Waals surface area (Å²) in [7, 11) is 0. The van der Waals surface area contributed by atoms with Crippen molar-refractivity contribution in [1.82, 2.24) is 4.90 Å². The molecule has 0 aliphatic carbocycles. The van der Waals surface area contributed by atoms with Gasteiger partial charge in [0.2, 0.25) is 0 Å². The summed E-state index contributed by atoms with van der Waals surface area (Å²) in [6.07, 6.45) is 4.93. The molecular formula is C12H23NO2. The maximum atomic E-state index is 10.5. The first-order valence-electron chi connectivity index (χ1n) is 6.05. The molecule has 1 saturated heterocycles. The number of carboxylic acid groups (broad SMARTS) is 1. The number of aliphatic carboxylic acids is 1. The van der Waals surface area contributed by atoms with Gasteiger partial charge in [0, 0.05) is 12.5 Å². The van der Waals surface area contributed by atoms with E-state index in [1.165, 1.54) is 19.3 Å². The van der Waals surface area contributed by atoms with E-state index in [9.17, 15) is 4.79 Å². The lowest BCUT2D eigenvalue weighted by molar-refractivity contribution is -0.137. The van der Waals surface area contributed by atoms with E-state index in [1.54, 1.807) is 0 Å². The summed E-state index contributed by atoms with van der Waals surface area (Å²) < 4.78 is 0. The van der Waals surface area contributed by atoms with Gasteiger partial charge in [0.25, 0.3) is 0 Å². The van der Waals surface area contributed by atoms with Crippen LogP contribution >= 0.6 is 0 Å². The molecule has 15 heavy (non-hydrogen) atoms. The number of rotatable bonds is 4. The van der Waals surface area contributed by atoms with Gasteiger partial charge in [-0.25, -0.2) is 0 Å². The van der Waals surface area contributed by atoms with Gasteiger partial charge in [0.05, 0.1) is 0 Å². The zero-order valence-corrected chi connectivity index (χ0v) is 9.91. The average Bonchev–Trinajstić information content (AvgIpc) is 2.39. The third-order valence-electron chi connectivity index (χ3n) is 3.45. The number of likely N-dealkylation sites (tertiary alicyclic amines) is 1. The van der Waals surface area contributed by atoms with Crippen LogP contribution in [0.3, 0.4) is 0 Å². The van der Waals surface area contributed by atoms with Crippen molar-refractivity contribution in [3.63, 3.8) is 0 Å². The van der Waals surface area contributed by atoms with E-state index in [2.05, 4.69) is 18.7 Å². The number of nitrogens with zero attached hydrogens (tertiary/aromatic N) is 1. The van der Waals surface area contributed by atoms with Crippen molar-refractivity contribution in [2.75, 3.05) is 13.1 Å². The van der Waals surface area contributed by atoms with Crippen molar-refractivity contribution in [3.05, 3.63) is 0 Å². The minimum atomic E-state index is -0.676. The molecule has 2 unspecified atom stereocenters. The second-order valence-corrected chi connectivity index (χ2v) is 4.85. The van der Waals surface area contributed by atoms with Crippen molar-refractivity contribution < 1.29 is 9.90 Å². The van der Waals surface area contributed by atoms with Crippen LogP contribution in [0.25, 0.3) is 0 Å². The van der Waals surface area contributed by atoms with E-state index in [0.717, 1.165) is 25.4 Å². The first-order chi connectivity index (χ1) is 7.09. The van der Waals surface area contributed by atoms with Crippen molar-refractivity contribution in [3.8, 4) is 0 Å². The molecule has 0 saturated carbocycles. The van der Waals surface area contributed by atoms with Gasteiger partial charge in [-0.15, -0.1) is 0 Å². The Kier molecular flexibility index (Phi) is 5.09. The highest BCUT2D eigenvalue weighted by molar-refractivity contribution is 5.66. The van der Waals surface area contributed by atoms with E-state index in [4.69, 9.17) is 5.11 Å². The van der Waals surface area contributed by atoms with Crippen LogP contribution in [0.4, 0.5) is 0 Å². The molecule has 0 aromatic carbocycles. The highest BCUT2D eigenvalue weighted by Crippen LogP contribution is 2.19. The summed E-state index contributed by atoms with van der Waals surface area (Å²) in [4.78, 5) is 12.9. The predicted molar refractivity (Wildman–Crippen MR) is 60.9 cm³/mol. The van der Waals surface area contributed by atoms with E-state index in [0.29, 0.717) is 12.5 Å². The van der Waals surface area contributed by atoms with Gasteiger partial charge in [0.15, 0.2) is 0 Å². The molecule has 3 heteroatoms. The molecule has 0 aromatic heterocycles. The lowest BCUT2D eigenvalue weighted by Crippen LogP contribution is -2.34. The molecule has 88 valence electrons. The lowest BCUT2D eigenvalue weighted by atomic mass is 10.0. The van der Waals surface area contributed by atoms with Crippen molar-refractivity contribution in [1.29, 1.82) is 0 Å². The summed E-state index contributed by atoms with van der Waals surface area (Å²) in [5, 5.41) is 8.64. The van der Waals surface area contributed by atoms with Crippen molar-refractivity contribution in [2.24, 2.45) is 5.92 Å². The van der Waals surface area contributed by atoms with Crippen LogP contribution in [0.1, 0.15) is 46.0 Å². The minimum absolute atomic E-state index is 0.299. The maximum Gasteiger partial charge on any atom is 0.303 e. The summed E-state index contributed by atoms with van der Waals surface area (Å²) in [5.74, 6) is 0.159. The fourth-order valence-corrected chi connectivity index (χ4v) is 2.24. The lowest BCUT2D eigenvalue weighted by Gasteiger charge is -2.27. The molecule has 1 fully saturated rings. The summed E-state index contributed by atoms with van der Waals surface area (Å²) in [5.41, 5.74) is 0. The summed E-state index contributed by atoms with van der Waals surface area (Å²) in [6, 6.07) is 0.423. The largest absolute Gasteiger partial charge is 0.481 e. The van der Waals surface area contributed by atoms with Crippen LogP contribution in [-0.4, -0.2) is 35.1 Å². The third kappa shape index (κ3) is 4.65. The normalized spacial score (nSPS) is 25.9. The second-order valence-electron chi connectivity index (χ2n) is 4.85. The smallest absolute Gasteiger partial charge is 0.303 e. The fraction of sp³-hybridized carbons (Fsp3) is 0.917. The minimum Gasteiger partial charge on any atom is -0.481 e. The molecule has 1 N–H and O–H groups in total. The number of carboxylic acids is 1. The zero-order chi connectivity index (χ0) is 11.3. The number of hydrogen-bond acceptors (Lipinski definition) is 2. The van der Waals surface area contributed by atoms with Gasteiger partial charge in [-0.2, -0.15) is 0 Å². The van der Waals surface area contributed by atoms with Crippen molar-refractivity contribution in [2.45, 2.75) is 52.0 Å². The Morgan fingerprint density at radius 3 is 2.87 bits per heavy atom. The van der Waals surface area contributed by atoms with Crippen LogP contribution in [0.15, 0.2) is 0 Å². The highest BCUT2D eigenvalue weighted by atomic mass is 16.4. The van der Waals surface area contributed by atoms with Gasteiger partial charge in [-0.3, -0.25) is 4.79 Å². The molecule has 1 heterocycles. The predicted octanol–water partition coefficient (Wildman–Crippen LogP) is 2.36. The first kappa shape index (κ1) is 12.5. The van der Waals surface area contributed by atoms with Crippen LogP contribution in [0, 0.1) is 5.92 Å². The van der Waals surface area contributed by atoms with Crippen LogP contribution in [0.5, 0.6) is 0 Å². The molecule has 0 amide bonds. The maximum absolute atomic E-state index is 10.5. The molecule has 1 aliphatic rings. The zero-order valence-electron chi connectivity index (χ0n) is 9.91. The van der Waals surface area contributed by atoms with Crippen LogP contribution in [-0.2, 0) is 4.79 Å². The van der Waals surface area contributed by atoms with Crippen LogP contribution in [0.2, 0.25) is 0 Å². The number of hydrogen-bond donors (Lipinski definition) is 1. The topological polar surface area (TPSA) is 40.5 Å². The Balaban J connectivity index is 2.31. The SMILES string of the molecule is CC1CCCN(C(C)CCC(=O)O)CC1. The standard InChI is InChI=1S/C12H23NO2/c1-10-4-3-8-13(9-7-10)11(2)5-6-12(14)15/h10-11H,3-9H2,1-2H3,(H,14,15). The van der Waals surface area contributed by atoms with E-state index in [1.807, 2.05) is 0 Å². The first-order valence-corrected chi connectivity index (χ1v) is 6.05. The second kappa shape index (κ2) is 6.11. The fourth-order valence-electron chi connectivity index (χ4n) is 2.24. The van der Waals surface area contributed by atoms with Crippen LogP contribution < -0.4 is 0 Å². The van der Waals surface area contributed by atoms with Gasteiger partial charge in [-0.05, 0) is 51.6 Å². The molecular weight excluding hydrogens is 190 g/mol. The molecule has 1 aliphatic heterocycles. The molecule has 3 nitrogen and oxygen atoms in total. The Morgan fingerprint density at radius 1 is 1.47 bits per heavy atom. The molecule has 1 rings (SSSR count). The average molecular weight is 213 g/mol. The van der Waals surface area contributed by atoms with Gasteiger partial charge >= 0.3 is 5.97 Å². The molecule has 0 spiro atoms. The summed E-state index contributed by atoms with van der Waals surface area (Å²) in [6.45, 7) is 6.75. The Labute approximate surface area is 92.5 Å². The van der Waals surface area contributed by atoms with E-state index >= 15 is 0 Å². The van der Waals surface area contributed by atoms with Gasteiger partial charge in [-0.1, -0.05) is 6.92 Å². The Bertz CT molecular complexity index is 206. The van der Waals surface area contributed by atoms with Gasteiger partial charge in [0.1, 0.15) is 0 Å². The molecule has 0 radical (unpaired) electrons. The highest BCUT2D eigenvalue weighted by Gasteiger charge is 2.18. The molecule has 2 atom stereocenters. The monoisotopic (exact) mass is 213 g/mol. The van der Waals surface area contributed by atoms with E-state index < -0.39 is 5.97 Å². The van der Waals surface area contributed by atoms with E-state index in [-0.39, 0.29) is 0 Å². The quantitative estimate of drug-likeness (QED) is 0.779. The Hall–Kier alpha value is -0.570.